The minimum Gasteiger partial charge on any atom is -0.466 e. The molecule has 0 unspecified atom stereocenters. The van der Waals surface area contributed by atoms with Gasteiger partial charge in [-0.15, -0.1) is 0 Å². The van der Waals surface area contributed by atoms with Crippen molar-refractivity contribution in [3.63, 3.8) is 0 Å². The first-order chi connectivity index (χ1) is 8.12. The standard InChI is InChI=1S/C14H26O3/c1-4-6-7-8-9-12-14(3,17-12)11-10-13(15)16-5-2/h12H,4-11H2,1-3H3/t12-,14-/m1/s1. The second-order valence-electron chi connectivity index (χ2n) is 5.07. The lowest BCUT2D eigenvalue weighted by Crippen LogP contribution is -2.14. The minimum absolute atomic E-state index is 0.0566. The van der Waals surface area contributed by atoms with Crippen molar-refractivity contribution in [1.82, 2.24) is 0 Å². The van der Waals surface area contributed by atoms with Crippen LogP contribution < -0.4 is 0 Å². The third kappa shape index (κ3) is 5.07. The molecule has 0 saturated carbocycles. The molecule has 100 valence electrons. The van der Waals surface area contributed by atoms with Crippen LogP contribution in [0.15, 0.2) is 0 Å². The molecule has 1 heterocycles. The van der Waals surface area contributed by atoms with Gasteiger partial charge in [-0.1, -0.05) is 32.6 Å². The molecule has 0 radical (unpaired) electrons. The van der Waals surface area contributed by atoms with Gasteiger partial charge in [0.2, 0.25) is 0 Å². The molecule has 1 aliphatic heterocycles. The van der Waals surface area contributed by atoms with Crippen LogP contribution in [0, 0.1) is 0 Å². The van der Waals surface area contributed by atoms with Gasteiger partial charge in [0, 0.05) is 6.42 Å². The summed E-state index contributed by atoms with van der Waals surface area (Å²) in [6, 6.07) is 0. The molecule has 2 atom stereocenters. The van der Waals surface area contributed by atoms with Crippen LogP contribution in [0.4, 0.5) is 0 Å². The van der Waals surface area contributed by atoms with Crippen molar-refractivity contribution in [2.45, 2.75) is 77.4 Å². The molecule has 0 aromatic rings. The molecule has 0 aliphatic carbocycles. The van der Waals surface area contributed by atoms with Crippen molar-refractivity contribution in [2.24, 2.45) is 0 Å². The van der Waals surface area contributed by atoms with E-state index in [0.717, 1.165) is 12.8 Å². The van der Waals surface area contributed by atoms with Crippen LogP contribution >= 0.6 is 0 Å². The largest absolute Gasteiger partial charge is 0.466 e. The molecule has 0 aromatic carbocycles. The number of ether oxygens (including phenoxy) is 2. The molecule has 1 saturated heterocycles. The van der Waals surface area contributed by atoms with Crippen molar-refractivity contribution in [3.05, 3.63) is 0 Å². The van der Waals surface area contributed by atoms with E-state index in [1.165, 1.54) is 25.7 Å². The molecular weight excluding hydrogens is 216 g/mol. The van der Waals surface area contributed by atoms with E-state index in [1.807, 2.05) is 6.92 Å². The Balaban J connectivity index is 2.08. The highest BCUT2D eigenvalue weighted by Crippen LogP contribution is 2.43. The summed E-state index contributed by atoms with van der Waals surface area (Å²) in [6.45, 7) is 6.63. The molecule has 0 N–H and O–H groups in total. The third-order valence-electron chi connectivity index (χ3n) is 3.49. The molecule has 1 fully saturated rings. The number of esters is 1. The van der Waals surface area contributed by atoms with Gasteiger partial charge in [-0.25, -0.2) is 0 Å². The number of carbonyl (C=O) groups is 1. The summed E-state index contributed by atoms with van der Waals surface area (Å²) in [6.07, 6.45) is 7.91. The molecule has 0 aromatic heterocycles. The van der Waals surface area contributed by atoms with Gasteiger partial charge in [-0.05, 0) is 26.7 Å². The van der Waals surface area contributed by atoms with Crippen molar-refractivity contribution >= 4 is 5.97 Å². The van der Waals surface area contributed by atoms with Gasteiger partial charge in [-0.2, -0.15) is 0 Å². The molecule has 0 bridgehead atoms. The Labute approximate surface area is 105 Å². The summed E-state index contributed by atoms with van der Waals surface area (Å²) in [5.41, 5.74) is -0.0566. The van der Waals surface area contributed by atoms with E-state index < -0.39 is 0 Å². The number of carbonyl (C=O) groups excluding carboxylic acids is 1. The van der Waals surface area contributed by atoms with Crippen LogP contribution in [-0.4, -0.2) is 24.3 Å². The number of unbranched alkanes of at least 4 members (excludes halogenated alkanes) is 3. The molecule has 3 nitrogen and oxygen atoms in total. The van der Waals surface area contributed by atoms with Crippen LogP contribution in [0.1, 0.15) is 65.7 Å². The van der Waals surface area contributed by atoms with Gasteiger partial charge in [0.15, 0.2) is 0 Å². The summed E-state index contributed by atoms with van der Waals surface area (Å²) in [7, 11) is 0. The Hall–Kier alpha value is -0.570. The van der Waals surface area contributed by atoms with E-state index in [2.05, 4.69) is 13.8 Å². The van der Waals surface area contributed by atoms with Gasteiger partial charge in [0.25, 0.3) is 0 Å². The highest BCUT2D eigenvalue weighted by Gasteiger charge is 2.50. The van der Waals surface area contributed by atoms with Crippen LogP contribution in [-0.2, 0) is 14.3 Å². The average Bonchev–Trinajstić information content (AvgIpc) is 2.95. The molecule has 0 amide bonds. The number of epoxide rings is 1. The first-order valence-corrected chi connectivity index (χ1v) is 6.95. The fourth-order valence-corrected chi connectivity index (χ4v) is 2.22. The number of rotatable bonds is 9. The Morgan fingerprint density at radius 2 is 2.06 bits per heavy atom. The van der Waals surface area contributed by atoms with Crippen LogP contribution in [0.5, 0.6) is 0 Å². The third-order valence-corrected chi connectivity index (χ3v) is 3.49. The quantitative estimate of drug-likeness (QED) is 0.353. The Bertz CT molecular complexity index is 240. The van der Waals surface area contributed by atoms with Crippen LogP contribution in [0.3, 0.4) is 0 Å². The minimum atomic E-state index is -0.103. The molecule has 0 spiro atoms. The fraction of sp³-hybridized carbons (Fsp3) is 0.929. The van der Waals surface area contributed by atoms with E-state index in [-0.39, 0.29) is 11.6 Å². The summed E-state index contributed by atoms with van der Waals surface area (Å²) < 4.78 is 10.6. The van der Waals surface area contributed by atoms with Crippen molar-refractivity contribution in [3.8, 4) is 0 Å². The van der Waals surface area contributed by atoms with E-state index in [1.54, 1.807) is 0 Å². The van der Waals surface area contributed by atoms with E-state index in [4.69, 9.17) is 9.47 Å². The number of hydrogen-bond acceptors (Lipinski definition) is 3. The summed E-state index contributed by atoms with van der Waals surface area (Å²) >= 11 is 0. The maximum absolute atomic E-state index is 11.2. The predicted molar refractivity (Wildman–Crippen MR) is 67.9 cm³/mol. The highest BCUT2D eigenvalue weighted by molar-refractivity contribution is 5.69. The zero-order valence-electron chi connectivity index (χ0n) is 11.5. The molecule has 1 rings (SSSR count). The van der Waals surface area contributed by atoms with E-state index in [0.29, 0.717) is 19.1 Å². The zero-order chi connectivity index (χ0) is 12.7. The molecule has 1 aliphatic rings. The highest BCUT2D eigenvalue weighted by atomic mass is 16.6. The van der Waals surface area contributed by atoms with Crippen molar-refractivity contribution < 1.29 is 14.3 Å². The lowest BCUT2D eigenvalue weighted by atomic mass is 9.97. The first kappa shape index (κ1) is 14.5. The number of hydrogen-bond donors (Lipinski definition) is 0. The van der Waals surface area contributed by atoms with Gasteiger partial charge < -0.3 is 9.47 Å². The lowest BCUT2D eigenvalue weighted by molar-refractivity contribution is -0.143. The predicted octanol–water partition coefficient (Wildman–Crippen LogP) is 3.46. The SMILES string of the molecule is CCCCCC[C@H]1O[C@]1(C)CCC(=O)OCC. The van der Waals surface area contributed by atoms with Gasteiger partial charge in [0.05, 0.1) is 18.3 Å². The summed E-state index contributed by atoms with van der Waals surface area (Å²) in [5.74, 6) is -0.103. The Kier molecular flexibility index (Phi) is 5.96. The normalized spacial score (nSPS) is 26.9. The second-order valence-corrected chi connectivity index (χ2v) is 5.07. The van der Waals surface area contributed by atoms with Crippen molar-refractivity contribution in [1.29, 1.82) is 0 Å². The molecule has 17 heavy (non-hydrogen) atoms. The lowest BCUT2D eigenvalue weighted by Gasteiger charge is -2.06. The van der Waals surface area contributed by atoms with Gasteiger partial charge >= 0.3 is 5.97 Å². The Morgan fingerprint density at radius 3 is 2.71 bits per heavy atom. The summed E-state index contributed by atoms with van der Waals surface area (Å²) in [4.78, 5) is 11.2. The van der Waals surface area contributed by atoms with Gasteiger partial charge in [-0.3, -0.25) is 4.79 Å². The maximum Gasteiger partial charge on any atom is 0.305 e. The maximum atomic E-state index is 11.2. The average molecular weight is 242 g/mol. The van der Waals surface area contributed by atoms with E-state index >= 15 is 0 Å². The molecular formula is C14H26O3. The smallest absolute Gasteiger partial charge is 0.305 e. The zero-order valence-corrected chi connectivity index (χ0v) is 11.5. The van der Waals surface area contributed by atoms with Crippen LogP contribution in [0.25, 0.3) is 0 Å². The molecule has 3 heteroatoms. The monoisotopic (exact) mass is 242 g/mol. The topological polar surface area (TPSA) is 38.8 Å². The van der Waals surface area contributed by atoms with Crippen LogP contribution in [0.2, 0.25) is 0 Å². The van der Waals surface area contributed by atoms with E-state index in [9.17, 15) is 4.79 Å². The van der Waals surface area contributed by atoms with Crippen molar-refractivity contribution in [2.75, 3.05) is 6.61 Å². The van der Waals surface area contributed by atoms with Gasteiger partial charge in [0.1, 0.15) is 0 Å². The Morgan fingerprint density at radius 1 is 1.29 bits per heavy atom. The first-order valence-electron chi connectivity index (χ1n) is 6.95. The summed E-state index contributed by atoms with van der Waals surface area (Å²) in [5, 5.41) is 0. The fourth-order valence-electron chi connectivity index (χ4n) is 2.22. The second kappa shape index (κ2) is 7.00.